The van der Waals surface area contributed by atoms with Crippen molar-refractivity contribution in [2.75, 3.05) is 18.5 Å². The molecule has 160 valence electrons. The Morgan fingerprint density at radius 2 is 1.87 bits per heavy atom. The molecular formula is C22H24F2N2O4. The first-order valence-corrected chi connectivity index (χ1v) is 9.43. The highest BCUT2D eigenvalue weighted by Gasteiger charge is 2.12. The summed E-state index contributed by atoms with van der Waals surface area (Å²) >= 11 is 0. The van der Waals surface area contributed by atoms with Crippen molar-refractivity contribution in [2.45, 2.75) is 27.4 Å². The van der Waals surface area contributed by atoms with Crippen LogP contribution < -0.4 is 20.1 Å². The van der Waals surface area contributed by atoms with Gasteiger partial charge in [-0.3, -0.25) is 9.59 Å². The number of carbonyl (C=O) groups excluding carboxylic acids is 2. The first kappa shape index (κ1) is 22.9. The second-order valence-corrected chi connectivity index (χ2v) is 6.23. The van der Waals surface area contributed by atoms with Crippen LogP contribution in [0.3, 0.4) is 0 Å². The third kappa shape index (κ3) is 6.58. The molecule has 0 bridgehead atoms. The molecule has 0 spiro atoms. The Morgan fingerprint density at radius 1 is 1.10 bits per heavy atom. The van der Waals surface area contributed by atoms with Gasteiger partial charge in [-0.2, -0.15) is 8.78 Å². The fourth-order valence-corrected chi connectivity index (χ4v) is 2.60. The summed E-state index contributed by atoms with van der Waals surface area (Å²) in [5.41, 5.74) is 2.33. The molecule has 0 aliphatic heterocycles. The molecule has 8 heteroatoms. The maximum Gasteiger partial charge on any atom is 0.387 e. The molecule has 6 nitrogen and oxygen atoms in total. The predicted octanol–water partition coefficient (Wildman–Crippen LogP) is 4.40. The molecule has 0 aliphatic carbocycles. The van der Waals surface area contributed by atoms with Crippen LogP contribution in [-0.4, -0.2) is 31.6 Å². The van der Waals surface area contributed by atoms with E-state index in [1.807, 2.05) is 13.8 Å². The zero-order chi connectivity index (χ0) is 22.1. The Bertz CT molecular complexity index is 929. The zero-order valence-corrected chi connectivity index (χ0v) is 17.0. The van der Waals surface area contributed by atoms with Gasteiger partial charge in [0.2, 0.25) is 5.91 Å². The molecule has 0 saturated heterocycles. The smallest absolute Gasteiger partial charge is 0.387 e. The van der Waals surface area contributed by atoms with Crippen molar-refractivity contribution in [3.05, 3.63) is 59.2 Å². The van der Waals surface area contributed by atoms with Crippen LogP contribution in [0, 0.1) is 6.92 Å². The number of hydrogen-bond donors (Lipinski definition) is 2. The quantitative estimate of drug-likeness (QED) is 0.592. The predicted molar refractivity (Wildman–Crippen MR) is 111 cm³/mol. The van der Waals surface area contributed by atoms with E-state index in [0.29, 0.717) is 23.4 Å². The van der Waals surface area contributed by atoms with Crippen LogP contribution >= 0.6 is 0 Å². The minimum absolute atomic E-state index is 0.0775. The minimum atomic E-state index is -2.96. The molecule has 2 rings (SSSR count). The van der Waals surface area contributed by atoms with Gasteiger partial charge >= 0.3 is 6.61 Å². The summed E-state index contributed by atoms with van der Waals surface area (Å²) < 4.78 is 34.7. The number of ether oxygens (including phenoxy) is 2. The Labute approximate surface area is 173 Å². The highest BCUT2D eigenvalue weighted by Crippen LogP contribution is 2.30. The second-order valence-electron chi connectivity index (χ2n) is 6.23. The molecule has 0 heterocycles. The number of benzene rings is 2. The van der Waals surface area contributed by atoms with Crippen molar-refractivity contribution in [2.24, 2.45) is 0 Å². The van der Waals surface area contributed by atoms with E-state index in [2.05, 4.69) is 15.4 Å². The number of rotatable bonds is 9. The van der Waals surface area contributed by atoms with Gasteiger partial charge in [0.15, 0.2) is 11.5 Å². The summed E-state index contributed by atoms with van der Waals surface area (Å²) in [5, 5.41) is 5.44. The van der Waals surface area contributed by atoms with E-state index in [4.69, 9.17) is 4.74 Å². The highest BCUT2D eigenvalue weighted by molar-refractivity contribution is 6.03. The van der Waals surface area contributed by atoms with E-state index in [0.717, 1.165) is 5.56 Å². The number of carbonyl (C=O) groups is 2. The summed E-state index contributed by atoms with van der Waals surface area (Å²) in [6, 6.07) is 9.44. The van der Waals surface area contributed by atoms with E-state index in [-0.39, 0.29) is 24.0 Å². The van der Waals surface area contributed by atoms with Crippen LogP contribution in [0.15, 0.2) is 42.5 Å². The summed E-state index contributed by atoms with van der Waals surface area (Å²) in [6.07, 6.45) is 2.82. The van der Waals surface area contributed by atoms with Crippen molar-refractivity contribution >= 4 is 23.6 Å². The third-order valence-corrected chi connectivity index (χ3v) is 4.01. The van der Waals surface area contributed by atoms with Crippen LogP contribution in [0.2, 0.25) is 0 Å². The van der Waals surface area contributed by atoms with Crippen LogP contribution in [0.25, 0.3) is 6.08 Å². The van der Waals surface area contributed by atoms with E-state index in [1.165, 1.54) is 30.4 Å². The Kier molecular flexibility index (Phi) is 8.34. The van der Waals surface area contributed by atoms with Crippen LogP contribution in [-0.2, 0) is 4.79 Å². The lowest BCUT2D eigenvalue weighted by molar-refractivity contribution is -0.111. The average molecular weight is 418 g/mol. The van der Waals surface area contributed by atoms with Gasteiger partial charge < -0.3 is 20.1 Å². The van der Waals surface area contributed by atoms with E-state index in [1.54, 1.807) is 25.1 Å². The van der Waals surface area contributed by atoms with Gasteiger partial charge in [0.05, 0.1) is 6.61 Å². The Balaban J connectivity index is 2.13. The van der Waals surface area contributed by atoms with Crippen molar-refractivity contribution in [3.63, 3.8) is 0 Å². The third-order valence-electron chi connectivity index (χ3n) is 4.01. The van der Waals surface area contributed by atoms with E-state index >= 15 is 0 Å². The molecule has 0 saturated carbocycles. The van der Waals surface area contributed by atoms with Gasteiger partial charge in [0.25, 0.3) is 5.91 Å². The maximum atomic E-state index is 12.5. The standard InChI is InChI=1S/C22H24F2N2O4/c1-4-25-21(28)16-9-6-14(3)17(13-16)26-20(27)11-8-15-7-10-18(30-22(23)24)19(12-15)29-5-2/h6-13,22H,4-5H2,1-3H3,(H,25,28)(H,26,27)/b11-8+. The molecule has 2 aromatic rings. The molecule has 0 radical (unpaired) electrons. The average Bonchev–Trinajstić information content (AvgIpc) is 2.70. The zero-order valence-electron chi connectivity index (χ0n) is 17.0. The molecule has 30 heavy (non-hydrogen) atoms. The topological polar surface area (TPSA) is 76.7 Å². The lowest BCUT2D eigenvalue weighted by atomic mass is 10.1. The number of alkyl halides is 2. The molecule has 0 aromatic heterocycles. The first-order chi connectivity index (χ1) is 14.3. The van der Waals surface area contributed by atoms with Gasteiger partial charge in [-0.05, 0) is 62.2 Å². The molecule has 0 aliphatic rings. The van der Waals surface area contributed by atoms with Gasteiger partial charge in [0.1, 0.15) is 0 Å². The van der Waals surface area contributed by atoms with Gasteiger partial charge in [-0.25, -0.2) is 0 Å². The minimum Gasteiger partial charge on any atom is -0.490 e. The fraction of sp³-hybridized carbons (Fsp3) is 0.273. The van der Waals surface area contributed by atoms with Gasteiger partial charge in [-0.1, -0.05) is 12.1 Å². The Morgan fingerprint density at radius 3 is 2.53 bits per heavy atom. The normalized spacial score (nSPS) is 10.9. The van der Waals surface area contributed by atoms with Crippen molar-refractivity contribution in [1.29, 1.82) is 0 Å². The summed E-state index contributed by atoms with van der Waals surface area (Å²) in [6.45, 7) is 3.17. The van der Waals surface area contributed by atoms with Crippen LogP contribution in [0.4, 0.5) is 14.5 Å². The van der Waals surface area contributed by atoms with Gasteiger partial charge in [-0.15, -0.1) is 0 Å². The first-order valence-electron chi connectivity index (χ1n) is 9.43. The van der Waals surface area contributed by atoms with Gasteiger partial charge in [0, 0.05) is 23.9 Å². The van der Waals surface area contributed by atoms with E-state index in [9.17, 15) is 18.4 Å². The fourth-order valence-electron chi connectivity index (χ4n) is 2.60. The van der Waals surface area contributed by atoms with Crippen LogP contribution in [0.5, 0.6) is 11.5 Å². The summed E-state index contributed by atoms with van der Waals surface area (Å²) in [4.78, 5) is 24.3. The molecule has 0 unspecified atom stereocenters. The number of halogens is 2. The molecular weight excluding hydrogens is 394 g/mol. The number of nitrogens with one attached hydrogen (secondary N) is 2. The summed E-state index contributed by atoms with van der Waals surface area (Å²) in [7, 11) is 0. The molecule has 0 atom stereocenters. The highest BCUT2D eigenvalue weighted by atomic mass is 19.3. The SMILES string of the molecule is CCNC(=O)c1ccc(C)c(NC(=O)/C=C/c2ccc(OC(F)F)c(OCC)c2)c1. The lowest BCUT2D eigenvalue weighted by Crippen LogP contribution is -2.23. The van der Waals surface area contributed by atoms with Crippen molar-refractivity contribution in [3.8, 4) is 11.5 Å². The monoisotopic (exact) mass is 418 g/mol. The molecule has 2 aromatic carbocycles. The summed E-state index contributed by atoms with van der Waals surface area (Å²) in [5.74, 6) is -0.549. The van der Waals surface area contributed by atoms with Crippen molar-refractivity contribution < 1.29 is 27.8 Å². The molecule has 2 N–H and O–H groups in total. The lowest BCUT2D eigenvalue weighted by Gasteiger charge is -2.11. The Hall–Kier alpha value is -3.42. The second kappa shape index (κ2) is 10.9. The number of hydrogen-bond acceptors (Lipinski definition) is 4. The van der Waals surface area contributed by atoms with Crippen molar-refractivity contribution in [1.82, 2.24) is 5.32 Å². The largest absolute Gasteiger partial charge is 0.490 e. The molecule has 2 amide bonds. The number of aryl methyl sites for hydroxylation is 1. The number of anilines is 1. The van der Waals surface area contributed by atoms with E-state index < -0.39 is 12.5 Å². The maximum absolute atomic E-state index is 12.5. The molecule has 0 fully saturated rings. The number of amides is 2. The van der Waals surface area contributed by atoms with Crippen LogP contribution in [0.1, 0.15) is 35.3 Å².